The second-order valence-electron chi connectivity index (χ2n) is 3.87. The summed E-state index contributed by atoms with van der Waals surface area (Å²) in [4.78, 5) is 19.0. The fraction of sp³-hybridized carbons (Fsp3) is 0.214. The van der Waals surface area contributed by atoms with Crippen LogP contribution in [-0.2, 0) is 9.53 Å². The van der Waals surface area contributed by atoms with Gasteiger partial charge in [-0.2, -0.15) is 4.98 Å². The van der Waals surface area contributed by atoms with Crippen LogP contribution in [0.1, 0.15) is 6.92 Å². The minimum atomic E-state index is -0.607. The van der Waals surface area contributed by atoms with E-state index in [4.69, 9.17) is 25.8 Å². The van der Waals surface area contributed by atoms with Crippen LogP contribution in [0.4, 0.5) is 4.39 Å². The van der Waals surface area contributed by atoms with Gasteiger partial charge in [-0.05, 0) is 19.1 Å². The number of aromatic nitrogens is 2. The van der Waals surface area contributed by atoms with Crippen LogP contribution in [0.2, 0.25) is 5.02 Å². The summed E-state index contributed by atoms with van der Waals surface area (Å²) < 4.78 is 28.1. The molecule has 0 saturated heterocycles. The van der Waals surface area contributed by atoms with Crippen LogP contribution in [0.5, 0.6) is 17.6 Å². The number of benzene rings is 1. The molecule has 1 aromatic carbocycles. The zero-order valence-corrected chi connectivity index (χ0v) is 12.3. The lowest BCUT2D eigenvalue weighted by Crippen LogP contribution is -2.15. The molecule has 2 aromatic rings. The number of rotatable bonds is 6. The van der Waals surface area contributed by atoms with Gasteiger partial charge in [0.05, 0.1) is 11.6 Å². The van der Waals surface area contributed by atoms with Crippen molar-refractivity contribution in [1.82, 2.24) is 9.97 Å². The van der Waals surface area contributed by atoms with E-state index in [0.717, 1.165) is 6.07 Å². The first-order valence-corrected chi connectivity index (χ1v) is 6.62. The van der Waals surface area contributed by atoms with Crippen LogP contribution in [0.25, 0.3) is 0 Å². The maximum atomic E-state index is 12.9. The highest BCUT2D eigenvalue weighted by Gasteiger charge is 2.09. The highest BCUT2D eigenvalue weighted by atomic mass is 35.5. The first kappa shape index (κ1) is 16.0. The van der Waals surface area contributed by atoms with Crippen molar-refractivity contribution in [3.63, 3.8) is 0 Å². The van der Waals surface area contributed by atoms with Gasteiger partial charge in [-0.15, -0.1) is 0 Å². The lowest BCUT2D eigenvalue weighted by Gasteiger charge is -2.08. The number of halogens is 2. The number of esters is 1. The molecule has 6 nitrogen and oxygen atoms in total. The van der Waals surface area contributed by atoms with Gasteiger partial charge in [-0.3, -0.25) is 0 Å². The third-order valence-electron chi connectivity index (χ3n) is 2.28. The van der Waals surface area contributed by atoms with Crippen molar-refractivity contribution in [2.75, 3.05) is 13.2 Å². The summed E-state index contributed by atoms with van der Waals surface area (Å²) in [6.45, 7) is 1.67. The van der Waals surface area contributed by atoms with E-state index in [-0.39, 0.29) is 35.9 Å². The standard InChI is InChI=1S/C14H11ClFN2O4/c1-2-20-13(19)8-21-12-5-6-17-14(18-12)22-11-4-3-9(16)7-10(11)15/h4-7H,2,8H2,1H3. The topological polar surface area (TPSA) is 70.5 Å². The van der Waals surface area contributed by atoms with Crippen molar-refractivity contribution in [2.45, 2.75) is 6.92 Å². The van der Waals surface area contributed by atoms with Gasteiger partial charge in [0.25, 0.3) is 0 Å². The predicted molar refractivity (Wildman–Crippen MR) is 74.5 cm³/mol. The summed E-state index contributed by atoms with van der Waals surface area (Å²) in [6, 6.07) is 5.97. The van der Waals surface area contributed by atoms with Crippen molar-refractivity contribution in [3.8, 4) is 17.6 Å². The molecule has 0 bridgehead atoms. The number of nitrogens with zero attached hydrogens (tertiary/aromatic N) is 2. The first-order chi connectivity index (χ1) is 10.6. The average Bonchev–Trinajstić information content (AvgIpc) is 2.49. The van der Waals surface area contributed by atoms with Crippen molar-refractivity contribution in [3.05, 3.63) is 41.3 Å². The maximum Gasteiger partial charge on any atom is 0.344 e. The Balaban J connectivity index is 2.03. The Morgan fingerprint density at radius 2 is 2.32 bits per heavy atom. The Morgan fingerprint density at radius 3 is 3.05 bits per heavy atom. The van der Waals surface area contributed by atoms with E-state index in [1.165, 1.54) is 18.3 Å². The fourth-order valence-electron chi connectivity index (χ4n) is 1.39. The molecule has 1 heterocycles. The normalized spacial score (nSPS) is 10.1. The molecule has 0 spiro atoms. The van der Waals surface area contributed by atoms with Crippen LogP contribution < -0.4 is 9.47 Å². The van der Waals surface area contributed by atoms with Crippen molar-refractivity contribution >= 4 is 17.6 Å². The number of carbonyl (C=O) groups excluding carboxylic acids is 1. The Morgan fingerprint density at radius 1 is 1.50 bits per heavy atom. The minimum Gasteiger partial charge on any atom is -0.465 e. The molecule has 0 aliphatic heterocycles. The van der Waals surface area contributed by atoms with Gasteiger partial charge in [0.2, 0.25) is 5.88 Å². The van der Waals surface area contributed by atoms with E-state index in [2.05, 4.69) is 16.0 Å². The molecule has 2 rings (SSSR count). The van der Waals surface area contributed by atoms with Crippen molar-refractivity contribution in [1.29, 1.82) is 0 Å². The molecular formula is C14H11ClFN2O4. The maximum absolute atomic E-state index is 12.9. The van der Waals surface area contributed by atoms with Crippen LogP contribution >= 0.6 is 11.6 Å². The molecule has 0 amide bonds. The molecular weight excluding hydrogens is 315 g/mol. The van der Waals surface area contributed by atoms with Crippen LogP contribution in [0.3, 0.4) is 0 Å². The lowest BCUT2D eigenvalue weighted by atomic mass is 10.3. The van der Waals surface area contributed by atoms with Gasteiger partial charge >= 0.3 is 12.0 Å². The molecule has 0 atom stereocenters. The van der Waals surface area contributed by atoms with Crippen LogP contribution in [0.15, 0.2) is 24.4 Å². The van der Waals surface area contributed by atoms with Gasteiger partial charge in [0.1, 0.15) is 5.82 Å². The van der Waals surface area contributed by atoms with E-state index in [0.29, 0.717) is 0 Å². The third kappa shape index (κ3) is 4.56. The molecule has 1 aromatic heterocycles. The van der Waals surface area contributed by atoms with E-state index in [1.54, 1.807) is 6.92 Å². The number of hydrogen-bond acceptors (Lipinski definition) is 6. The smallest absolute Gasteiger partial charge is 0.344 e. The number of ether oxygens (including phenoxy) is 3. The quantitative estimate of drug-likeness (QED) is 0.761. The van der Waals surface area contributed by atoms with E-state index < -0.39 is 11.8 Å². The second-order valence-corrected chi connectivity index (χ2v) is 4.27. The van der Waals surface area contributed by atoms with Crippen LogP contribution in [-0.4, -0.2) is 29.2 Å². The molecule has 1 radical (unpaired) electrons. The molecule has 115 valence electrons. The van der Waals surface area contributed by atoms with Crippen LogP contribution in [0, 0.1) is 11.9 Å². The fourth-order valence-corrected chi connectivity index (χ4v) is 1.58. The van der Waals surface area contributed by atoms with Gasteiger partial charge in [-0.1, -0.05) is 11.6 Å². The summed E-state index contributed by atoms with van der Waals surface area (Å²) in [5.41, 5.74) is 0. The monoisotopic (exact) mass is 325 g/mol. The van der Waals surface area contributed by atoms with Crippen molar-refractivity contribution in [2.24, 2.45) is 0 Å². The largest absolute Gasteiger partial charge is 0.465 e. The van der Waals surface area contributed by atoms with E-state index in [1.807, 2.05) is 0 Å². The van der Waals surface area contributed by atoms with Gasteiger partial charge in [0, 0.05) is 18.3 Å². The zero-order chi connectivity index (χ0) is 15.9. The summed E-state index contributed by atoms with van der Waals surface area (Å²) in [7, 11) is 0. The third-order valence-corrected chi connectivity index (χ3v) is 2.58. The lowest BCUT2D eigenvalue weighted by molar-refractivity contribution is -0.145. The molecule has 0 aliphatic carbocycles. The summed E-state index contributed by atoms with van der Waals surface area (Å²) in [6.07, 6.45) is 1.38. The molecule has 0 N–H and O–H groups in total. The van der Waals surface area contributed by atoms with Gasteiger partial charge < -0.3 is 14.2 Å². The molecule has 0 saturated carbocycles. The van der Waals surface area contributed by atoms with E-state index in [9.17, 15) is 9.18 Å². The Kier molecular flexibility index (Phi) is 5.48. The zero-order valence-electron chi connectivity index (χ0n) is 11.5. The highest BCUT2D eigenvalue weighted by Crippen LogP contribution is 2.28. The number of carbonyl (C=O) groups is 1. The average molecular weight is 326 g/mol. The molecule has 0 fully saturated rings. The summed E-state index contributed by atoms with van der Waals surface area (Å²) >= 11 is 5.82. The SMILES string of the molecule is CCOC(=O)COc1ccnc(Oc2c[c]c(F)cc2Cl)n1. The number of hydrogen-bond donors (Lipinski definition) is 0. The summed E-state index contributed by atoms with van der Waals surface area (Å²) in [5.74, 6) is -0.851. The predicted octanol–water partition coefficient (Wildman–Crippen LogP) is 2.80. The second kappa shape index (κ2) is 7.56. The van der Waals surface area contributed by atoms with E-state index >= 15 is 0 Å². The summed E-state index contributed by atoms with van der Waals surface area (Å²) in [5, 5.41) is 0.0534. The molecule has 0 unspecified atom stereocenters. The Labute approximate surface area is 130 Å². The van der Waals surface area contributed by atoms with Crippen molar-refractivity contribution < 1.29 is 23.4 Å². The molecule has 8 heteroatoms. The highest BCUT2D eigenvalue weighted by molar-refractivity contribution is 6.32. The molecule has 0 aliphatic rings. The Hall–Kier alpha value is -2.41. The molecule has 22 heavy (non-hydrogen) atoms. The Bertz CT molecular complexity index is 669. The van der Waals surface area contributed by atoms with Gasteiger partial charge in [0.15, 0.2) is 12.4 Å². The first-order valence-electron chi connectivity index (χ1n) is 6.24. The minimum absolute atomic E-state index is 0.0534. The van der Waals surface area contributed by atoms with Gasteiger partial charge in [-0.25, -0.2) is 14.2 Å².